The van der Waals surface area contributed by atoms with E-state index >= 15 is 0 Å². The van der Waals surface area contributed by atoms with Gasteiger partial charge in [-0.3, -0.25) is 9.59 Å². The van der Waals surface area contributed by atoms with Gasteiger partial charge in [0.25, 0.3) is 5.91 Å². The van der Waals surface area contributed by atoms with E-state index in [-0.39, 0.29) is 5.54 Å². The van der Waals surface area contributed by atoms with Crippen LogP contribution in [0.2, 0.25) is 0 Å². The Morgan fingerprint density at radius 1 is 1.00 bits per heavy atom. The fraction of sp³-hybridized carbons (Fsp3) is 0.304. The third-order valence-electron chi connectivity index (χ3n) is 5.59. The minimum atomic E-state index is -0.573. The second-order valence-corrected chi connectivity index (χ2v) is 7.54. The summed E-state index contributed by atoms with van der Waals surface area (Å²) in [6.07, 6.45) is 7.06. The van der Waals surface area contributed by atoms with Gasteiger partial charge in [-0.1, -0.05) is 67.4 Å². The second-order valence-electron chi connectivity index (χ2n) is 7.54. The van der Waals surface area contributed by atoms with Crippen LogP contribution in [0.3, 0.4) is 0 Å². The van der Waals surface area contributed by atoms with Crippen LogP contribution in [0, 0.1) is 0 Å². The number of nitrogens with one attached hydrogen (secondary N) is 2. The van der Waals surface area contributed by atoms with E-state index in [0.717, 1.165) is 36.1 Å². The molecule has 2 aromatic rings. The monoisotopic (exact) mass is 360 g/mol. The van der Waals surface area contributed by atoms with Gasteiger partial charge in [0, 0.05) is 29.4 Å². The number of fused-ring (bicyclic) bond motifs is 1. The van der Waals surface area contributed by atoms with Crippen molar-refractivity contribution in [2.75, 3.05) is 0 Å². The van der Waals surface area contributed by atoms with Crippen LogP contribution >= 0.6 is 0 Å². The molecular formula is C23H24N2O2. The van der Waals surface area contributed by atoms with Crippen molar-refractivity contribution in [1.29, 1.82) is 0 Å². The first-order chi connectivity index (χ1) is 13.2. The molecule has 2 aliphatic rings. The summed E-state index contributed by atoms with van der Waals surface area (Å²) < 4.78 is 0. The summed E-state index contributed by atoms with van der Waals surface area (Å²) in [6.45, 7) is 0.350. The van der Waals surface area contributed by atoms with E-state index in [4.69, 9.17) is 0 Å². The van der Waals surface area contributed by atoms with Gasteiger partial charge in [-0.05, 0) is 30.4 Å². The fourth-order valence-corrected chi connectivity index (χ4v) is 4.23. The molecule has 1 spiro atoms. The van der Waals surface area contributed by atoms with Crippen LogP contribution in [0.25, 0.3) is 5.70 Å². The molecule has 0 aromatic heterocycles. The van der Waals surface area contributed by atoms with Crippen LogP contribution in [0.4, 0.5) is 0 Å². The van der Waals surface area contributed by atoms with Crippen LogP contribution in [0.5, 0.6) is 0 Å². The largest absolute Gasteiger partial charge is 0.379 e. The van der Waals surface area contributed by atoms with Gasteiger partial charge in [-0.2, -0.15) is 0 Å². The van der Waals surface area contributed by atoms with Crippen molar-refractivity contribution >= 4 is 17.4 Å². The number of rotatable bonds is 4. The van der Waals surface area contributed by atoms with E-state index in [2.05, 4.69) is 16.7 Å². The molecule has 1 aliphatic heterocycles. The third-order valence-corrected chi connectivity index (χ3v) is 5.59. The molecule has 2 aromatic carbocycles. The van der Waals surface area contributed by atoms with Crippen LogP contribution in [0.1, 0.15) is 42.4 Å². The lowest BCUT2D eigenvalue weighted by molar-refractivity contribution is -0.135. The molecule has 0 radical (unpaired) electrons. The number of ketones is 1. The summed E-state index contributed by atoms with van der Waals surface area (Å²) in [6, 6.07) is 17.8. The zero-order valence-electron chi connectivity index (χ0n) is 15.3. The lowest BCUT2D eigenvalue weighted by Gasteiger charge is -2.38. The maximum atomic E-state index is 12.5. The normalized spacial score (nSPS) is 18.7. The fourth-order valence-electron chi connectivity index (χ4n) is 4.23. The van der Waals surface area contributed by atoms with Crippen LogP contribution in [0.15, 0.2) is 60.7 Å². The van der Waals surface area contributed by atoms with Gasteiger partial charge >= 0.3 is 0 Å². The number of amides is 1. The highest BCUT2D eigenvalue weighted by Crippen LogP contribution is 2.39. The highest BCUT2D eigenvalue weighted by Gasteiger charge is 2.38. The van der Waals surface area contributed by atoms with Gasteiger partial charge < -0.3 is 10.6 Å². The molecule has 2 N–H and O–H groups in total. The molecule has 0 atom stereocenters. The molecule has 4 nitrogen and oxygen atoms in total. The first kappa shape index (κ1) is 17.5. The standard InChI is InChI=1S/C23H24N2O2/c26-21(22(27)24-16-17-8-2-1-3-9-17)14-20-19-11-5-4-10-18(19)15-23(25-20)12-6-7-13-23/h1-5,8-11,14,25H,6-7,12-13,15-16H2,(H,24,27)/b20-14-. The molecule has 27 heavy (non-hydrogen) atoms. The summed E-state index contributed by atoms with van der Waals surface area (Å²) in [5.41, 5.74) is 4.05. The molecule has 0 saturated heterocycles. The minimum absolute atomic E-state index is 0.0288. The van der Waals surface area contributed by atoms with Crippen molar-refractivity contribution in [1.82, 2.24) is 10.6 Å². The first-order valence-corrected chi connectivity index (χ1v) is 9.59. The Morgan fingerprint density at radius 2 is 1.70 bits per heavy atom. The van der Waals surface area contributed by atoms with Crippen molar-refractivity contribution in [2.45, 2.75) is 44.2 Å². The highest BCUT2D eigenvalue weighted by atomic mass is 16.2. The molecule has 1 heterocycles. The second kappa shape index (κ2) is 7.39. The first-order valence-electron chi connectivity index (χ1n) is 9.59. The van der Waals surface area contributed by atoms with E-state index in [9.17, 15) is 9.59 Å². The Hall–Kier alpha value is -2.88. The molecule has 1 amide bonds. The van der Waals surface area contributed by atoms with E-state index < -0.39 is 11.7 Å². The zero-order valence-corrected chi connectivity index (χ0v) is 15.3. The van der Waals surface area contributed by atoms with Crippen LogP contribution in [-0.4, -0.2) is 17.2 Å². The molecule has 1 saturated carbocycles. The number of carbonyl (C=O) groups is 2. The molecule has 4 rings (SSSR count). The molecular weight excluding hydrogens is 336 g/mol. The number of benzene rings is 2. The van der Waals surface area contributed by atoms with Crippen LogP contribution in [-0.2, 0) is 22.6 Å². The summed E-state index contributed by atoms with van der Waals surface area (Å²) >= 11 is 0. The zero-order chi connectivity index (χ0) is 18.7. The third kappa shape index (κ3) is 3.80. The maximum Gasteiger partial charge on any atom is 0.292 e. The van der Waals surface area contributed by atoms with Gasteiger partial charge in [-0.25, -0.2) is 0 Å². The smallest absolute Gasteiger partial charge is 0.292 e. The van der Waals surface area contributed by atoms with Gasteiger partial charge in [0.05, 0.1) is 0 Å². The Bertz CT molecular complexity index is 880. The van der Waals surface area contributed by atoms with E-state index in [1.54, 1.807) is 0 Å². The quantitative estimate of drug-likeness (QED) is 0.649. The van der Waals surface area contributed by atoms with Gasteiger partial charge in [-0.15, -0.1) is 0 Å². The average molecular weight is 360 g/mol. The number of carbonyl (C=O) groups excluding carboxylic acids is 2. The predicted octanol–water partition coefficient (Wildman–Crippen LogP) is 3.37. The van der Waals surface area contributed by atoms with Crippen LogP contribution < -0.4 is 10.6 Å². The lowest BCUT2D eigenvalue weighted by atomic mass is 9.82. The highest BCUT2D eigenvalue weighted by molar-refractivity contribution is 6.41. The molecule has 0 unspecified atom stereocenters. The van der Waals surface area contributed by atoms with Crippen molar-refractivity contribution in [3.8, 4) is 0 Å². The summed E-state index contributed by atoms with van der Waals surface area (Å²) in [4.78, 5) is 24.8. The molecule has 4 heteroatoms. The minimum Gasteiger partial charge on any atom is -0.379 e. The molecule has 138 valence electrons. The Balaban J connectivity index is 1.52. The van der Waals surface area contributed by atoms with Gasteiger partial charge in [0.1, 0.15) is 0 Å². The number of hydrogen-bond acceptors (Lipinski definition) is 3. The summed E-state index contributed by atoms with van der Waals surface area (Å²) in [5, 5.41) is 6.32. The Morgan fingerprint density at radius 3 is 2.48 bits per heavy atom. The lowest BCUT2D eigenvalue weighted by Crippen LogP contribution is -2.47. The predicted molar refractivity (Wildman–Crippen MR) is 106 cm³/mol. The van der Waals surface area contributed by atoms with Crippen molar-refractivity contribution in [3.05, 3.63) is 77.4 Å². The topological polar surface area (TPSA) is 58.2 Å². The van der Waals surface area contributed by atoms with Crippen molar-refractivity contribution in [3.63, 3.8) is 0 Å². The van der Waals surface area contributed by atoms with E-state index in [0.29, 0.717) is 6.54 Å². The number of hydrogen-bond donors (Lipinski definition) is 2. The molecule has 0 bridgehead atoms. The van der Waals surface area contributed by atoms with E-state index in [1.807, 2.05) is 48.5 Å². The maximum absolute atomic E-state index is 12.5. The van der Waals surface area contributed by atoms with Gasteiger partial charge in [0.2, 0.25) is 5.78 Å². The summed E-state index contributed by atoms with van der Waals surface area (Å²) in [7, 11) is 0. The van der Waals surface area contributed by atoms with Crippen molar-refractivity contribution < 1.29 is 9.59 Å². The van der Waals surface area contributed by atoms with Gasteiger partial charge in [0.15, 0.2) is 0 Å². The molecule has 1 fully saturated rings. The Kier molecular flexibility index (Phi) is 4.80. The van der Waals surface area contributed by atoms with E-state index in [1.165, 1.54) is 24.5 Å². The SMILES string of the molecule is O=C(/C=C1\NC2(CCCC2)Cc2ccccc21)C(=O)NCc1ccccc1. The average Bonchev–Trinajstić information content (AvgIpc) is 3.14. The Labute approximate surface area is 159 Å². The van der Waals surface area contributed by atoms with Crippen molar-refractivity contribution in [2.24, 2.45) is 0 Å². The molecule has 1 aliphatic carbocycles. The summed E-state index contributed by atoms with van der Waals surface area (Å²) in [5.74, 6) is -1.09.